The van der Waals surface area contributed by atoms with Crippen LogP contribution in [0.1, 0.15) is 43.0 Å². The van der Waals surface area contributed by atoms with Gasteiger partial charge in [0.05, 0.1) is 10.9 Å². The van der Waals surface area contributed by atoms with Crippen LogP contribution in [0.3, 0.4) is 0 Å². The minimum absolute atomic E-state index is 0.249. The Balaban J connectivity index is 1.77. The molecule has 2 heterocycles. The van der Waals surface area contributed by atoms with Crippen LogP contribution in [0.15, 0.2) is 64.5 Å². The van der Waals surface area contributed by atoms with E-state index in [-0.39, 0.29) is 5.41 Å². The van der Waals surface area contributed by atoms with Crippen LogP contribution in [-0.2, 0) is 13.5 Å². The lowest BCUT2D eigenvalue weighted by Gasteiger charge is -2.25. The molecule has 170 valence electrons. The molecule has 0 amide bonds. The van der Waals surface area contributed by atoms with Crippen LogP contribution in [0, 0.1) is 26.2 Å². The molecule has 34 heavy (non-hydrogen) atoms. The molecule has 0 saturated carbocycles. The molecule has 0 atom stereocenters. The van der Waals surface area contributed by atoms with Gasteiger partial charge in [-0.1, -0.05) is 74.5 Å². The Morgan fingerprint density at radius 1 is 0.794 bits per heavy atom. The fourth-order valence-corrected chi connectivity index (χ4v) is 7.20. The maximum atomic E-state index is 2.48. The van der Waals surface area contributed by atoms with Crippen molar-refractivity contribution >= 4 is 44.1 Å². The van der Waals surface area contributed by atoms with Crippen molar-refractivity contribution < 1.29 is 4.57 Å². The van der Waals surface area contributed by atoms with E-state index in [2.05, 4.69) is 108 Å². The molecule has 0 aliphatic carbocycles. The van der Waals surface area contributed by atoms with E-state index in [1.807, 2.05) is 11.8 Å². The van der Waals surface area contributed by atoms with Crippen molar-refractivity contribution in [3.05, 3.63) is 77.0 Å². The highest BCUT2D eigenvalue weighted by molar-refractivity contribution is 8.00. The summed E-state index contributed by atoms with van der Waals surface area (Å²) in [6, 6.07) is 18.6. The van der Waals surface area contributed by atoms with Gasteiger partial charge in [-0.15, -0.1) is 0 Å². The summed E-state index contributed by atoms with van der Waals surface area (Å²) < 4.78 is 2.34. The molecule has 0 spiro atoms. The second kappa shape index (κ2) is 7.33. The fraction of sp³-hybridized carbons (Fsp3) is 0.281. The largest absolute Gasteiger partial charge is 0.222 e. The summed E-state index contributed by atoms with van der Waals surface area (Å²) in [7, 11) is 2.20. The van der Waals surface area contributed by atoms with Crippen LogP contribution in [0.2, 0.25) is 0 Å². The molecule has 1 nitrogen and oxygen atoms in total. The van der Waals surface area contributed by atoms with E-state index in [1.165, 1.54) is 75.6 Å². The monoisotopic (exact) mass is 462 g/mol. The Morgan fingerprint density at radius 3 is 2.35 bits per heavy atom. The minimum atomic E-state index is 0.249. The maximum Gasteiger partial charge on any atom is 0.222 e. The normalized spacial score (nSPS) is 13.1. The van der Waals surface area contributed by atoms with Crippen LogP contribution in [0.5, 0.6) is 0 Å². The lowest BCUT2D eigenvalue weighted by atomic mass is 9.85. The van der Waals surface area contributed by atoms with Gasteiger partial charge in [-0.2, -0.15) is 0 Å². The number of aryl methyl sites for hydroxylation is 4. The van der Waals surface area contributed by atoms with E-state index in [1.54, 1.807) is 0 Å². The Labute approximate surface area is 206 Å². The second-order valence-corrected chi connectivity index (χ2v) is 12.3. The molecule has 6 rings (SSSR count). The van der Waals surface area contributed by atoms with Gasteiger partial charge < -0.3 is 0 Å². The van der Waals surface area contributed by atoms with Crippen LogP contribution < -0.4 is 4.57 Å². The summed E-state index contributed by atoms with van der Waals surface area (Å²) in [6.07, 6.45) is 3.33. The van der Waals surface area contributed by atoms with Crippen LogP contribution in [0.4, 0.5) is 0 Å². The first-order valence-corrected chi connectivity index (χ1v) is 13.0. The van der Waals surface area contributed by atoms with E-state index in [4.69, 9.17) is 0 Å². The Kier molecular flexibility index (Phi) is 4.67. The Bertz CT molecular complexity index is 1670. The lowest BCUT2D eigenvalue weighted by molar-refractivity contribution is -0.659. The van der Waals surface area contributed by atoms with E-state index in [0.717, 1.165) is 6.42 Å². The van der Waals surface area contributed by atoms with Crippen molar-refractivity contribution in [2.45, 2.75) is 57.8 Å². The zero-order chi connectivity index (χ0) is 23.9. The molecule has 1 aliphatic rings. The van der Waals surface area contributed by atoms with Gasteiger partial charge in [0.15, 0.2) is 6.20 Å². The summed E-state index contributed by atoms with van der Waals surface area (Å²) in [6.45, 7) is 13.8. The molecular weight excluding hydrogens is 430 g/mol. The van der Waals surface area contributed by atoms with Crippen molar-refractivity contribution in [3.8, 4) is 11.3 Å². The van der Waals surface area contributed by atoms with Gasteiger partial charge in [-0.25, -0.2) is 4.57 Å². The molecule has 0 fully saturated rings. The quantitative estimate of drug-likeness (QED) is 0.175. The fourth-order valence-electron chi connectivity index (χ4n) is 5.88. The number of fused-ring (bicyclic) bond motifs is 5. The first-order chi connectivity index (χ1) is 16.1. The van der Waals surface area contributed by atoms with Crippen LogP contribution >= 0.6 is 11.8 Å². The molecule has 0 N–H and O–H groups in total. The number of aromatic nitrogens is 1. The number of hydrogen-bond acceptors (Lipinski definition) is 1. The molecule has 0 bridgehead atoms. The van der Waals surface area contributed by atoms with Gasteiger partial charge in [0, 0.05) is 21.2 Å². The third kappa shape index (κ3) is 3.11. The third-order valence-electron chi connectivity index (χ3n) is 7.43. The molecule has 0 saturated heterocycles. The summed E-state index contributed by atoms with van der Waals surface area (Å²) in [5.74, 6) is 0. The molecule has 5 aromatic rings. The number of benzene rings is 4. The van der Waals surface area contributed by atoms with Crippen molar-refractivity contribution in [2.24, 2.45) is 12.5 Å². The van der Waals surface area contributed by atoms with E-state index < -0.39 is 0 Å². The van der Waals surface area contributed by atoms with E-state index >= 15 is 0 Å². The van der Waals surface area contributed by atoms with Gasteiger partial charge in [-0.05, 0) is 76.9 Å². The minimum Gasteiger partial charge on any atom is -0.200 e. The number of pyridine rings is 1. The first kappa shape index (κ1) is 21.7. The summed E-state index contributed by atoms with van der Waals surface area (Å²) >= 11 is 1.97. The summed E-state index contributed by atoms with van der Waals surface area (Å²) in [5, 5.41) is 8.31. The average Bonchev–Trinajstić information content (AvgIpc) is 2.78. The Morgan fingerprint density at radius 2 is 1.59 bits per heavy atom. The van der Waals surface area contributed by atoms with Crippen molar-refractivity contribution in [2.75, 3.05) is 0 Å². The van der Waals surface area contributed by atoms with Crippen LogP contribution in [0.25, 0.3) is 43.6 Å². The number of rotatable bonds is 1. The molecule has 0 unspecified atom stereocenters. The van der Waals surface area contributed by atoms with Gasteiger partial charge in [0.1, 0.15) is 7.05 Å². The van der Waals surface area contributed by atoms with Gasteiger partial charge in [0.25, 0.3) is 0 Å². The molecule has 2 heteroatoms. The maximum absolute atomic E-state index is 2.48. The molecule has 1 aromatic heterocycles. The van der Waals surface area contributed by atoms with Crippen LogP contribution in [-0.4, -0.2) is 0 Å². The molecule has 0 radical (unpaired) electrons. The molecule has 1 aliphatic heterocycles. The van der Waals surface area contributed by atoms with Crippen molar-refractivity contribution in [1.29, 1.82) is 0 Å². The molecule has 4 aromatic carbocycles. The van der Waals surface area contributed by atoms with Crippen molar-refractivity contribution in [3.63, 3.8) is 0 Å². The highest BCUT2D eigenvalue weighted by Gasteiger charge is 2.31. The number of hydrogen-bond donors (Lipinski definition) is 0. The third-order valence-corrected chi connectivity index (χ3v) is 8.68. The second-order valence-electron chi connectivity index (χ2n) is 11.3. The highest BCUT2D eigenvalue weighted by Crippen LogP contribution is 2.52. The standard InChI is InChI=1S/C32H32NS/c1-18-11-12-22-20(3)31-28(19(2)25(22)15-18)30-29-24(13-14-33(30)7)23-10-8-9-21(17-32(4,5)6)26(23)16-27(29)34-31/h8-16H,17H2,1-7H3/q+1. The lowest BCUT2D eigenvalue weighted by Crippen LogP contribution is -2.32. The SMILES string of the molecule is Cc1ccc2c(C)c3c(c(C)c2c1)-c1c2c(cc4c(CC(C)(C)C)cccc4c2cc[n+]1C)S3. The van der Waals surface area contributed by atoms with Gasteiger partial charge in [-0.3, -0.25) is 0 Å². The molecular formula is C32H32NS+. The zero-order valence-electron chi connectivity index (χ0n) is 21.3. The average molecular weight is 463 g/mol. The number of nitrogens with zero attached hydrogens (tertiary/aromatic N) is 1. The van der Waals surface area contributed by atoms with E-state index in [9.17, 15) is 0 Å². The smallest absolute Gasteiger partial charge is 0.200 e. The topological polar surface area (TPSA) is 3.88 Å². The zero-order valence-corrected chi connectivity index (χ0v) is 22.1. The highest BCUT2D eigenvalue weighted by atomic mass is 32.2. The Hall–Kier alpha value is -2.84. The van der Waals surface area contributed by atoms with Crippen molar-refractivity contribution in [1.82, 2.24) is 0 Å². The summed E-state index contributed by atoms with van der Waals surface area (Å²) in [4.78, 5) is 2.80. The van der Waals surface area contributed by atoms with Gasteiger partial charge >= 0.3 is 0 Å². The van der Waals surface area contributed by atoms with E-state index in [0.29, 0.717) is 0 Å². The first-order valence-electron chi connectivity index (χ1n) is 12.2. The predicted octanol–water partition coefficient (Wildman–Crippen LogP) is 8.62. The summed E-state index contributed by atoms with van der Waals surface area (Å²) in [5.41, 5.74) is 8.57. The predicted molar refractivity (Wildman–Crippen MR) is 147 cm³/mol. The van der Waals surface area contributed by atoms with Gasteiger partial charge in [0.2, 0.25) is 5.69 Å².